The molecule has 0 atom stereocenters. The van der Waals surface area contributed by atoms with Crippen molar-refractivity contribution in [2.75, 3.05) is 6.61 Å². The van der Waals surface area contributed by atoms with Gasteiger partial charge in [-0.15, -0.1) is 11.7 Å². The van der Waals surface area contributed by atoms with Gasteiger partial charge >= 0.3 is 6.01 Å². The Morgan fingerprint density at radius 1 is 0.826 bits per heavy atom. The largest absolute Gasteiger partial charge is 0.462 e. The maximum absolute atomic E-state index is 5.56. The molecule has 4 nitrogen and oxygen atoms in total. The molecule has 0 N–H and O–H groups in total. The van der Waals surface area contributed by atoms with Crippen LogP contribution in [0.3, 0.4) is 0 Å². The lowest BCUT2D eigenvalue weighted by Gasteiger charge is -2.09. The van der Waals surface area contributed by atoms with Crippen molar-refractivity contribution < 1.29 is 4.74 Å². The van der Waals surface area contributed by atoms with Crippen molar-refractivity contribution in [1.29, 1.82) is 0 Å². The minimum absolute atomic E-state index is 0.305. The Kier molecular flexibility index (Phi) is 3.35. The van der Waals surface area contributed by atoms with E-state index in [1.807, 2.05) is 24.3 Å². The molecule has 1 aromatic heterocycles. The van der Waals surface area contributed by atoms with E-state index < -0.39 is 0 Å². The first-order chi connectivity index (χ1) is 11.4. The second-order valence-electron chi connectivity index (χ2n) is 5.31. The molecule has 0 fully saturated rings. The Labute approximate surface area is 133 Å². The predicted molar refractivity (Wildman–Crippen MR) is 92.7 cm³/mol. The second-order valence-corrected chi connectivity index (χ2v) is 5.31. The minimum atomic E-state index is 0.305. The highest BCUT2D eigenvalue weighted by atomic mass is 16.5. The topological polar surface area (TPSA) is 47.9 Å². The Balaban J connectivity index is 2.02. The van der Waals surface area contributed by atoms with Crippen molar-refractivity contribution in [2.45, 2.75) is 6.42 Å². The van der Waals surface area contributed by atoms with Gasteiger partial charge in [-0.2, -0.15) is 4.98 Å². The minimum Gasteiger partial charge on any atom is -0.462 e. The standard InChI is InChI=1S/C19H15N3O/c1-2-3-12-23-19-20-17-15-10-6-4-8-13(15)14-9-5-7-11-16(14)18(17)21-22-19/h2,4-11H,1,3,12H2. The Bertz CT molecular complexity index is 992. The maximum Gasteiger partial charge on any atom is 0.336 e. The number of nitrogens with zero attached hydrogens (tertiary/aromatic N) is 3. The van der Waals surface area contributed by atoms with Crippen LogP contribution in [0, 0.1) is 0 Å². The fraction of sp³-hybridized carbons (Fsp3) is 0.105. The van der Waals surface area contributed by atoms with Crippen molar-refractivity contribution in [3.05, 3.63) is 61.2 Å². The van der Waals surface area contributed by atoms with Crippen LogP contribution in [0.5, 0.6) is 6.01 Å². The molecule has 4 aromatic rings. The SMILES string of the molecule is C=CCCOc1nnc2c3ccccc3c3ccccc3c2n1. The third kappa shape index (κ3) is 2.28. The van der Waals surface area contributed by atoms with Gasteiger partial charge < -0.3 is 4.74 Å². The quantitative estimate of drug-likeness (QED) is 0.320. The van der Waals surface area contributed by atoms with Gasteiger partial charge in [0.1, 0.15) is 11.0 Å². The van der Waals surface area contributed by atoms with Gasteiger partial charge in [0, 0.05) is 10.8 Å². The summed E-state index contributed by atoms with van der Waals surface area (Å²) in [6, 6.07) is 16.7. The first kappa shape index (κ1) is 13.6. The molecule has 0 unspecified atom stereocenters. The third-order valence-corrected chi connectivity index (χ3v) is 3.87. The van der Waals surface area contributed by atoms with Crippen LogP contribution in [0.25, 0.3) is 32.6 Å². The smallest absolute Gasteiger partial charge is 0.336 e. The molecular formula is C19H15N3O. The van der Waals surface area contributed by atoms with E-state index in [4.69, 9.17) is 4.74 Å². The second kappa shape index (κ2) is 5.65. The molecule has 112 valence electrons. The summed E-state index contributed by atoms with van der Waals surface area (Å²) < 4.78 is 5.56. The molecule has 4 heteroatoms. The zero-order valence-electron chi connectivity index (χ0n) is 12.6. The molecule has 0 radical (unpaired) electrons. The van der Waals surface area contributed by atoms with E-state index in [1.165, 1.54) is 0 Å². The van der Waals surface area contributed by atoms with Crippen molar-refractivity contribution in [3.8, 4) is 6.01 Å². The molecule has 0 spiro atoms. The lowest BCUT2D eigenvalue weighted by atomic mass is 10.00. The number of fused-ring (bicyclic) bond motifs is 6. The number of hydrogen-bond donors (Lipinski definition) is 0. The van der Waals surface area contributed by atoms with Crippen LogP contribution >= 0.6 is 0 Å². The average Bonchev–Trinajstić information content (AvgIpc) is 2.62. The van der Waals surface area contributed by atoms with E-state index in [9.17, 15) is 0 Å². The monoisotopic (exact) mass is 301 g/mol. The zero-order chi connectivity index (χ0) is 15.6. The molecule has 0 saturated carbocycles. The van der Waals surface area contributed by atoms with Crippen LogP contribution in [0.4, 0.5) is 0 Å². The van der Waals surface area contributed by atoms with E-state index in [0.29, 0.717) is 12.6 Å². The highest BCUT2D eigenvalue weighted by Crippen LogP contribution is 2.32. The van der Waals surface area contributed by atoms with Gasteiger partial charge in [-0.1, -0.05) is 59.7 Å². The number of benzene rings is 3. The van der Waals surface area contributed by atoms with Gasteiger partial charge in [0.25, 0.3) is 0 Å². The Hall–Kier alpha value is -3.01. The van der Waals surface area contributed by atoms with Crippen LogP contribution < -0.4 is 4.74 Å². The molecule has 0 aliphatic heterocycles. The molecule has 0 bridgehead atoms. The van der Waals surface area contributed by atoms with Crippen molar-refractivity contribution >= 4 is 32.6 Å². The van der Waals surface area contributed by atoms with Gasteiger partial charge in [-0.25, -0.2) is 0 Å². The first-order valence-corrected chi connectivity index (χ1v) is 7.56. The van der Waals surface area contributed by atoms with E-state index in [2.05, 4.69) is 46.0 Å². The van der Waals surface area contributed by atoms with Gasteiger partial charge in [-0.05, 0) is 17.2 Å². The summed E-state index contributed by atoms with van der Waals surface area (Å²) in [6.07, 6.45) is 2.55. The summed E-state index contributed by atoms with van der Waals surface area (Å²) in [6.45, 7) is 4.18. The van der Waals surface area contributed by atoms with Crippen LogP contribution in [0.15, 0.2) is 61.2 Å². The first-order valence-electron chi connectivity index (χ1n) is 7.56. The van der Waals surface area contributed by atoms with Gasteiger partial charge in [0.15, 0.2) is 0 Å². The van der Waals surface area contributed by atoms with Crippen molar-refractivity contribution in [1.82, 2.24) is 15.2 Å². The zero-order valence-corrected chi connectivity index (χ0v) is 12.6. The van der Waals surface area contributed by atoms with Gasteiger partial charge in [0.2, 0.25) is 0 Å². The van der Waals surface area contributed by atoms with Crippen LogP contribution in [0.2, 0.25) is 0 Å². The summed E-state index contributed by atoms with van der Waals surface area (Å²) in [5, 5.41) is 12.9. The van der Waals surface area contributed by atoms with Crippen LogP contribution in [-0.4, -0.2) is 21.8 Å². The molecule has 1 heterocycles. The van der Waals surface area contributed by atoms with Crippen LogP contribution in [0.1, 0.15) is 6.42 Å². The molecular weight excluding hydrogens is 286 g/mol. The predicted octanol–water partition coefficient (Wildman–Crippen LogP) is 4.29. The summed E-state index contributed by atoms with van der Waals surface area (Å²) in [5.74, 6) is 0. The molecule has 3 aromatic carbocycles. The van der Waals surface area contributed by atoms with Crippen molar-refractivity contribution in [2.24, 2.45) is 0 Å². The van der Waals surface area contributed by atoms with Crippen molar-refractivity contribution in [3.63, 3.8) is 0 Å². The lowest BCUT2D eigenvalue weighted by molar-refractivity contribution is 0.296. The van der Waals surface area contributed by atoms with E-state index in [-0.39, 0.29) is 0 Å². The van der Waals surface area contributed by atoms with Gasteiger partial charge in [0.05, 0.1) is 6.61 Å². The van der Waals surface area contributed by atoms with Gasteiger partial charge in [-0.3, -0.25) is 0 Å². The fourth-order valence-electron chi connectivity index (χ4n) is 2.82. The van der Waals surface area contributed by atoms with E-state index in [0.717, 1.165) is 39.0 Å². The summed E-state index contributed by atoms with van der Waals surface area (Å²) in [5.41, 5.74) is 1.62. The average molecular weight is 301 g/mol. The molecule has 0 saturated heterocycles. The fourth-order valence-corrected chi connectivity index (χ4v) is 2.82. The summed E-state index contributed by atoms with van der Waals surface area (Å²) >= 11 is 0. The Morgan fingerprint density at radius 3 is 2.09 bits per heavy atom. The van der Waals surface area contributed by atoms with Crippen LogP contribution in [-0.2, 0) is 0 Å². The number of hydrogen-bond acceptors (Lipinski definition) is 4. The molecule has 0 aliphatic rings. The normalized spacial score (nSPS) is 11.1. The molecule has 0 aliphatic carbocycles. The Morgan fingerprint density at radius 2 is 1.43 bits per heavy atom. The molecule has 0 amide bonds. The maximum atomic E-state index is 5.56. The highest BCUT2D eigenvalue weighted by molar-refractivity contribution is 6.22. The number of rotatable bonds is 4. The third-order valence-electron chi connectivity index (χ3n) is 3.87. The number of aromatic nitrogens is 3. The molecule has 4 rings (SSSR count). The summed E-state index contributed by atoms with van der Waals surface area (Å²) in [4.78, 5) is 4.60. The van der Waals surface area contributed by atoms with E-state index >= 15 is 0 Å². The molecule has 23 heavy (non-hydrogen) atoms. The highest BCUT2D eigenvalue weighted by Gasteiger charge is 2.12. The number of ether oxygens (including phenoxy) is 1. The lowest BCUT2D eigenvalue weighted by Crippen LogP contribution is -2.02. The van der Waals surface area contributed by atoms with E-state index in [1.54, 1.807) is 6.08 Å². The summed E-state index contributed by atoms with van der Waals surface area (Å²) in [7, 11) is 0.